The fourth-order valence-corrected chi connectivity index (χ4v) is 2.19. The Morgan fingerprint density at radius 2 is 1.90 bits per heavy atom. The topological polar surface area (TPSA) is 38.9 Å². The molecule has 0 aliphatic heterocycles. The van der Waals surface area contributed by atoms with Crippen LogP contribution in [0.4, 0.5) is 4.39 Å². The Labute approximate surface area is 126 Å². The summed E-state index contributed by atoms with van der Waals surface area (Å²) in [5.74, 6) is 0.314. The van der Waals surface area contributed by atoms with Crippen molar-refractivity contribution in [3.8, 4) is 11.4 Å². The van der Waals surface area contributed by atoms with Crippen LogP contribution >= 0.6 is 11.6 Å². The van der Waals surface area contributed by atoms with E-state index in [0.717, 1.165) is 5.56 Å². The van der Waals surface area contributed by atoms with Crippen LogP contribution in [0.25, 0.3) is 11.4 Å². The summed E-state index contributed by atoms with van der Waals surface area (Å²) >= 11 is 6.32. The average Bonchev–Trinajstić information content (AvgIpc) is 3.00. The van der Waals surface area contributed by atoms with Gasteiger partial charge in [-0.25, -0.2) is 4.39 Å². The summed E-state index contributed by atoms with van der Waals surface area (Å²) in [7, 11) is 0. The molecule has 1 atom stereocenters. The number of alkyl halides is 1. The van der Waals surface area contributed by atoms with E-state index in [1.807, 2.05) is 30.3 Å². The van der Waals surface area contributed by atoms with Crippen LogP contribution in [0.1, 0.15) is 22.4 Å². The van der Waals surface area contributed by atoms with Crippen LogP contribution in [0, 0.1) is 12.7 Å². The lowest BCUT2D eigenvalue weighted by atomic mass is 10.1. The van der Waals surface area contributed by atoms with Crippen molar-refractivity contribution in [1.82, 2.24) is 10.1 Å². The maximum Gasteiger partial charge on any atom is 0.249 e. The van der Waals surface area contributed by atoms with E-state index in [1.165, 1.54) is 6.07 Å². The molecule has 1 aromatic heterocycles. The maximum atomic E-state index is 13.6. The van der Waals surface area contributed by atoms with Crippen molar-refractivity contribution in [1.29, 1.82) is 0 Å². The van der Waals surface area contributed by atoms with Gasteiger partial charge in [-0.1, -0.05) is 47.6 Å². The van der Waals surface area contributed by atoms with Crippen LogP contribution in [0.3, 0.4) is 0 Å². The molecular formula is C16H12ClFN2O. The molecule has 0 N–H and O–H groups in total. The molecule has 5 heteroatoms. The molecule has 106 valence electrons. The minimum Gasteiger partial charge on any atom is -0.337 e. The smallest absolute Gasteiger partial charge is 0.249 e. The highest BCUT2D eigenvalue weighted by Gasteiger charge is 2.19. The summed E-state index contributed by atoms with van der Waals surface area (Å²) in [4.78, 5) is 4.25. The predicted octanol–water partition coefficient (Wildman–Crippen LogP) is 4.51. The van der Waals surface area contributed by atoms with Crippen LogP contribution < -0.4 is 0 Å². The lowest BCUT2D eigenvalue weighted by Crippen LogP contribution is -1.93. The van der Waals surface area contributed by atoms with Crippen molar-refractivity contribution in [2.75, 3.05) is 0 Å². The van der Waals surface area contributed by atoms with E-state index in [4.69, 9.17) is 16.1 Å². The Bertz CT molecular complexity index is 758. The number of aryl methyl sites for hydroxylation is 1. The monoisotopic (exact) mass is 302 g/mol. The molecule has 0 saturated carbocycles. The fourth-order valence-electron chi connectivity index (χ4n) is 1.95. The number of rotatable bonds is 3. The second kappa shape index (κ2) is 5.66. The van der Waals surface area contributed by atoms with E-state index < -0.39 is 5.38 Å². The molecule has 3 rings (SSSR count). The summed E-state index contributed by atoms with van der Waals surface area (Å²) in [6.45, 7) is 1.70. The van der Waals surface area contributed by atoms with Gasteiger partial charge in [-0.2, -0.15) is 4.98 Å². The van der Waals surface area contributed by atoms with Crippen LogP contribution in [0.15, 0.2) is 53.1 Å². The van der Waals surface area contributed by atoms with E-state index >= 15 is 0 Å². The highest BCUT2D eigenvalue weighted by molar-refractivity contribution is 6.22. The Hall–Kier alpha value is -2.20. The average molecular weight is 303 g/mol. The Balaban J connectivity index is 1.91. The summed E-state index contributed by atoms with van der Waals surface area (Å²) in [6.07, 6.45) is 0. The number of aromatic nitrogens is 2. The van der Waals surface area contributed by atoms with Crippen molar-refractivity contribution in [3.63, 3.8) is 0 Å². The van der Waals surface area contributed by atoms with Gasteiger partial charge in [0.15, 0.2) is 0 Å². The third-order valence-corrected chi connectivity index (χ3v) is 3.62. The van der Waals surface area contributed by atoms with Gasteiger partial charge in [-0.3, -0.25) is 0 Å². The number of hydrogen-bond acceptors (Lipinski definition) is 3. The Morgan fingerprint density at radius 3 is 2.62 bits per heavy atom. The molecule has 1 unspecified atom stereocenters. The highest BCUT2D eigenvalue weighted by Crippen LogP contribution is 2.29. The quantitative estimate of drug-likeness (QED) is 0.668. The molecule has 0 aliphatic carbocycles. The SMILES string of the molecule is Cc1ccc(-c2noc(C(Cl)c3ccccc3)n2)cc1F. The molecular weight excluding hydrogens is 291 g/mol. The van der Waals surface area contributed by atoms with Gasteiger partial charge in [0, 0.05) is 5.56 Å². The van der Waals surface area contributed by atoms with Gasteiger partial charge < -0.3 is 4.52 Å². The number of nitrogens with zero attached hydrogens (tertiary/aromatic N) is 2. The normalized spacial score (nSPS) is 12.3. The molecule has 0 spiro atoms. The van der Waals surface area contributed by atoms with Crippen LogP contribution in [0.2, 0.25) is 0 Å². The van der Waals surface area contributed by atoms with Gasteiger partial charge in [0.05, 0.1) is 0 Å². The molecule has 0 fully saturated rings. The minimum atomic E-state index is -0.525. The second-order valence-corrected chi connectivity index (χ2v) is 5.13. The zero-order chi connectivity index (χ0) is 14.8. The molecule has 2 aromatic carbocycles. The third kappa shape index (κ3) is 2.81. The van der Waals surface area contributed by atoms with E-state index in [1.54, 1.807) is 19.1 Å². The first-order chi connectivity index (χ1) is 10.1. The summed E-state index contributed by atoms with van der Waals surface area (Å²) < 4.78 is 18.8. The van der Waals surface area contributed by atoms with Crippen molar-refractivity contribution < 1.29 is 8.91 Å². The molecule has 0 radical (unpaired) electrons. The fraction of sp³-hybridized carbons (Fsp3) is 0.125. The summed E-state index contributed by atoms with van der Waals surface area (Å²) in [6, 6.07) is 14.3. The molecule has 1 heterocycles. The van der Waals surface area contributed by atoms with Crippen molar-refractivity contribution in [2.45, 2.75) is 12.3 Å². The first-order valence-corrected chi connectivity index (χ1v) is 6.88. The van der Waals surface area contributed by atoms with Crippen LogP contribution in [0.5, 0.6) is 0 Å². The first kappa shape index (κ1) is 13.8. The van der Waals surface area contributed by atoms with Gasteiger partial charge in [-0.05, 0) is 24.1 Å². The Kier molecular flexibility index (Phi) is 3.71. The minimum absolute atomic E-state index is 0.291. The number of hydrogen-bond donors (Lipinski definition) is 0. The van der Waals surface area contributed by atoms with E-state index in [0.29, 0.717) is 22.8 Å². The molecule has 3 aromatic rings. The van der Waals surface area contributed by atoms with Gasteiger partial charge >= 0.3 is 0 Å². The van der Waals surface area contributed by atoms with Gasteiger partial charge in [0.2, 0.25) is 11.7 Å². The van der Waals surface area contributed by atoms with Crippen molar-refractivity contribution in [3.05, 3.63) is 71.4 Å². The van der Waals surface area contributed by atoms with Gasteiger partial charge in [0.25, 0.3) is 0 Å². The lowest BCUT2D eigenvalue weighted by molar-refractivity contribution is 0.383. The molecule has 21 heavy (non-hydrogen) atoms. The van der Waals surface area contributed by atoms with Crippen molar-refractivity contribution >= 4 is 11.6 Å². The van der Waals surface area contributed by atoms with E-state index in [-0.39, 0.29) is 5.82 Å². The van der Waals surface area contributed by atoms with Gasteiger partial charge in [0.1, 0.15) is 11.2 Å². The third-order valence-electron chi connectivity index (χ3n) is 3.18. The van der Waals surface area contributed by atoms with E-state index in [2.05, 4.69) is 10.1 Å². The number of benzene rings is 2. The summed E-state index contributed by atoms with van der Waals surface area (Å²) in [5.41, 5.74) is 2.00. The highest BCUT2D eigenvalue weighted by atomic mass is 35.5. The van der Waals surface area contributed by atoms with Crippen LogP contribution in [-0.4, -0.2) is 10.1 Å². The molecule has 0 bridgehead atoms. The molecule has 0 amide bonds. The standard InChI is InChI=1S/C16H12ClFN2O/c1-10-7-8-12(9-13(10)18)15-19-16(21-20-15)14(17)11-5-3-2-4-6-11/h2-9,14H,1H3. The zero-order valence-electron chi connectivity index (χ0n) is 11.3. The first-order valence-electron chi connectivity index (χ1n) is 6.44. The zero-order valence-corrected chi connectivity index (χ0v) is 12.0. The molecule has 3 nitrogen and oxygen atoms in total. The lowest BCUT2D eigenvalue weighted by Gasteiger charge is -2.03. The van der Waals surface area contributed by atoms with E-state index in [9.17, 15) is 4.39 Å². The maximum absolute atomic E-state index is 13.6. The molecule has 0 saturated heterocycles. The molecule has 0 aliphatic rings. The Morgan fingerprint density at radius 1 is 1.14 bits per heavy atom. The van der Waals surface area contributed by atoms with Crippen LogP contribution in [-0.2, 0) is 0 Å². The van der Waals surface area contributed by atoms with Gasteiger partial charge in [-0.15, -0.1) is 11.6 Å². The van der Waals surface area contributed by atoms with Crippen molar-refractivity contribution in [2.24, 2.45) is 0 Å². The number of halogens is 2. The summed E-state index contributed by atoms with van der Waals surface area (Å²) in [5, 5.41) is 3.34. The predicted molar refractivity (Wildman–Crippen MR) is 78.6 cm³/mol. The largest absolute Gasteiger partial charge is 0.337 e. The second-order valence-electron chi connectivity index (χ2n) is 4.69.